The van der Waals surface area contributed by atoms with Crippen molar-refractivity contribution >= 4 is 33.7 Å². The number of carbonyl (C=O) groups is 3. The number of benzene rings is 1. The van der Waals surface area contributed by atoms with Crippen molar-refractivity contribution in [1.82, 2.24) is 10.2 Å². The Labute approximate surface area is 130 Å². The monoisotopic (exact) mass is 352 g/mol. The highest BCUT2D eigenvalue weighted by atomic mass is 79.9. The van der Waals surface area contributed by atoms with Gasteiger partial charge >= 0.3 is 5.97 Å². The first-order valence-corrected chi connectivity index (χ1v) is 6.70. The Kier molecular flexibility index (Phi) is 6.43. The smallest absolute Gasteiger partial charge is 0.323 e. The van der Waals surface area contributed by atoms with E-state index < -0.39 is 24.3 Å². The summed E-state index contributed by atoms with van der Waals surface area (Å²) in [5.74, 6) is 0.0558. The highest BCUT2D eigenvalue weighted by Gasteiger charge is 2.16. The minimum Gasteiger partial charge on any atom is -0.480 e. The Hall–Kier alpha value is -2.33. The highest BCUT2D eigenvalue weighted by Crippen LogP contribution is 2.10. The zero-order chi connectivity index (χ0) is 15.8. The molecule has 6 nitrogen and oxygen atoms in total. The number of nitrogens with zero attached hydrogens (tertiary/aromatic N) is 1. The van der Waals surface area contributed by atoms with Gasteiger partial charge in [0.1, 0.15) is 6.54 Å². The van der Waals surface area contributed by atoms with Crippen LogP contribution in [0.25, 0.3) is 0 Å². The van der Waals surface area contributed by atoms with Gasteiger partial charge in [0, 0.05) is 10.0 Å². The van der Waals surface area contributed by atoms with Gasteiger partial charge in [-0.15, -0.1) is 6.42 Å². The maximum Gasteiger partial charge on any atom is 0.323 e. The summed E-state index contributed by atoms with van der Waals surface area (Å²) in [5, 5.41) is 11.1. The number of hydrogen-bond donors (Lipinski definition) is 2. The van der Waals surface area contributed by atoms with Gasteiger partial charge in [-0.1, -0.05) is 21.9 Å². The van der Waals surface area contributed by atoms with Gasteiger partial charge in [-0.25, -0.2) is 0 Å². The second-order valence-corrected chi connectivity index (χ2v) is 4.95. The van der Waals surface area contributed by atoms with Crippen LogP contribution in [-0.2, 0) is 9.59 Å². The molecular formula is C14H13BrN2O4. The fourth-order valence-corrected chi connectivity index (χ4v) is 1.74. The second-order valence-electron chi connectivity index (χ2n) is 4.04. The van der Waals surface area contributed by atoms with Crippen LogP contribution in [0.1, 0.15) is 10.4 Å². The number of halogens is 1. The molecule has 2 amide bonds. The van der Waals surface area contributed by atoms with Crippen molar-refractivity contribution in [3.05, 3.63) is 34.3 Å². The Morgan fingerprint density at radius 1 is 1.29 bits per heavy atom. The molecule has 0 radical (unpaired) electrons. The van der Waals surface area contributed by atoms with Gasteiger partial charge in [-0.05, 0) is 24.3 Å². The Morgan fingerprint density at radius 2 is 1.90 bits per heavy atom. The van der Waals surface area contributed by atoms with Crippen LogP contribution >= 0.6 is 15.9 Å². The van der Waals surface area contributed by atoms with Crippen molar-refractivity contribution in [2.75, 3.05) is 19.6 Å². The van der Waals surface area contributed by atoms with Crippen molar-refractivity contribution in [2.24, 2.45) is 0 Å². The van der Waals surface area contributed by atoms with Crippen LogP contribution in [0.2, 0.25) is 0 Å². The topological polar surface area (TPSA) is 86.7 Å². The van der Waals surface area contributed by atoms with Crippen LogP contribution in [0, 0.1) is 12.3 Å². The maximum absolute atomic E-state index is 11.8. The van der Waals surface area contributed by atoms with Gasteiger partial charge in [-0.3, -0.25) is 14.4 Å². The van der Waals surface area contributed by atoms with Gasteiger partial charge in [0.15, 0.2) is 0 Å². The fourth-order valence-electron chi connectivity index (χ4n) is 1.48. The summed E-state index contributed by atoms with van der Waals surface area (Å²) in [7, 11) is 0. The molecule has 0 aliphatic heterocycles. The molecule has 1 rings (SSSR count). The number of hydrogen-bond acceptors (Lipinski definition) is 3. The third-order valence-electron chi connectivity index (χ3n) is 2.47. The largest absolute Gasteiger partial charge is 0.480 e. The number of rotatable bonds is 6. The molecule has 0 spiro atoms. The lowest BCUT2D eigenvalue weighted by Crippen LogP contribution is -2.42. The summed E-state index contributed by atoms with van der Waals surface area (Å²) < 4.78 is 0.830. The first kappa shape index (κ1) is 16.7. The molecule has 0 saturated carbocycles. The Morgan fingerprint density at radius 3 is 2.43 bits per heavy atom. The molecule has 7 heteroatoms. The molecular weight excluding hydrogens is 340 g/mol. The van der Waals surface area contributed by atoms with Crippen LogP contribution in [0.15, 0.2) is 28.7 Å². The minimum atomic E-state index is -1.17. The summed E-state index contributed by atoms with van der Waals surface area (Å²) in [6, 6.07) is 6.60. The first-order valence-electron chi connectivity index (χ1n) is 5.91. The van der Waals surface area contributed by atoms with E-state index in [4.69, 9.17) is 11.5 Å². The summed E-state index contributed by atoms with van der Waals surface area (Å²) in [5.41, 5.74) is 0.396. The van der Waals surface area contributed by atoms with Gasteiger partial charge in [0.2, 0.25) is 5.91 Å². The quantitative estimate of drug-likeness (QED) is 0.738. The number of nitrogens with one attached hydrogen (secondary N) is 1. The number of carboxylic acids is 1. The van der Waals surface area contributed by atoms with E-state index in [1.165, 1.54) is 0 Å². The lowest BCUT2D eigenvalue weighted by Gasteiger charge is -2.18. The first-order chi connectivity index (χ1) is 9.93. The van der Waals surface area contributed by atoms with Crippen molar-refractivity contribution in [3.63, 3.8) is 0 Å². The van der Waals surface area contributed by atoms with E-state index in [0.717, 1.165) is 9.37 Å². The maximum atomic E-state index is 11.8. The van der Waals surface area contributed by atoms with Crippen LogP contribution in [0.4, 0.5) is 0 Å². The van der Waals surface area contributed by atoms with Crippen LogP contribution in [0.3, 0.4) is 0 Å². The van der Waals surface area contributed by atoms with Gasteiger partial charge < -0.3 is 15.3 Å². The molecule has 0 aromatic heterocycles. The molecule has 1 aromatic carbocycles. The molecule has 0 aliphatic carbocycles. The van der Waals surface area contributed by atoms with Crippen LogP contribution in [0.5, 0.6) is 0 Å². The second kappa shape index (κ2) is 8.07. The normalized spacial score (nSPS) is 9.52. The van der Waals surface area contributed by atoms with E-state index in [2.05, 4.69) is 27.2 Å². The molecule has 2 N–H and O–H groups in total. The molecule has 21 heavy (non-hydrogen) atoms. The van der Waals surface area contributed by atoms with Gasteiger partial charge in [0.25, 0.3) is 5.91 Å². The molecule has 0 bridgehead atoms. The third kappa shape index (κ3) is 5.67. The lowest BCUT2D eigenvalue weighted by molar-refractivity contribution is -0.143. The number of terminal acetylenes is 1. The van der Waals surface area contributed by atoms with E-state index >= 15 is 0 Å². The average Bonchev–Trinajstić information content (AvgIpc) is 2.44. The van der Waals surface area contributed by atoms with E-state index in [1.54, 1.807) is 24.3 Å². The molecule has 0 saturated heterocycles. The van der Waals surface area contributed by atoms with Crippen LogP contribution in [-0.4, -0.2) is 47.4 Å². The summed E-state index contributed by atoms with van der Waals surface area (Å²) in [6.45, 7) is -0.944. The fraction of sp³-hybridized carbons (Fsp3) is 0.214. The van der Waals surface area contributed by atoms with Crippen LogP contribution < -0.4 is 5.32 Å². The zero-order valence-electron chi connectivity index (χ0n) is 11.0. The SMILES string of the molecule is C#CCN(CC(=O)O)C(=O)CNC(=O)c1ccc(Br)cc1. The molecule has 0 unspecified atom stereocenters. The molecule has 110 valence electrons. The molecule has 1 aromatic rings. The Bertz CT molecular complexity index is 578. The van der Waals surface area contributed by atoms with E-state index in [9.17, 15) is 14.4 Å². The van der Waals surface area contributed by atoms with Gasteiger partial charge in [0.05, 0.1) is 13.1 Å². The van der Waals surface area contributed by atoms with Gasteiger partial charge in [-0.2, -0.15) is 0 Å². The lowest BCUT2D eigenvalue weighted by atomic mass is 10.2. The number of carboxylic acid groups (broad SMARTS) is 1. The molecule has 0 heterocycles. The standard InChI is InChI=1S/C14H13BrN2O4/c1-2-7-17(9-13(19)20)12(18)8-16-14(21)10-3-5-11(15)6-4-10/h1,3-6H,7-9H2,(H,16,21)(H,19,20). The van der Waals surface area contributed by atoms with E-state index in [1.807, 2.05) is 0 Å². The Balaban J connectivity index is 2.58. The number of carbonyl (C=O) groups excluding carboxylic acids is 2. The van der Waals surface area contributed by atoms with E-state index in [-0.39, 0.29) is 13.1 Å². The van der Waals surface area contributed by atoms with Crippen molar-refractivity contribution in [3.8, 4) is 12.3 Å². The minimum absolute atomic E-state index is 0.126. The summed E-state index contributed by atoms with van der Waals surface area (Å²) in [4.78, 5) is 35.2. The van der Waals surface area contributed by atoms with E-state index in [0.29, 0.717) is 5.56 Å². The predicted molar refractivity (Wildman–Crippen MR) is 79.5 cm³/mol. The average molecular weight is 353 g/mol. The summed E-state index contributed by atoms with van der Waals surface area (Å²) >= 11 is 3.25. The van der Waals surface area contributed by atoms with Crippen molar-refractivity contribution < 1.29 is 19.5 Å². The molecule has 0 atom stereocenters. The predicted octanol–water partition coefficient (Wildman–Crippen LogP) is 0.725. The van der Waals surface area contributed by atoms with Crippen molar-refractivity contribution in [2.45, 2.75) is 0 Å². The molecule has 0 fully saturated rings. The highest BCUT2D eigenvalue weighted by molar-refractivity contribution is 9.10. The molecule has 0 aliphatic rings. The third-order valence-corrected chi connectivity index (χ3v) is 3.00. The number of amides is 2. The summed E-state index contributed by atoms with van der Waals surface area (Å²) in [6.07, 6.45) is 5.08. The number of aliphatic carboxylic acids is 1. The zero-order valence-corrected chi connectivity index (χ0v) is 12.6. The van der Waals surface area contributed by atoms with Crippen molar-refractivity contribution in [1.29, 1.82) is 0 Å².